The summed E-state index contributed by atoms with van der Waals surface area (Å²) >= 11 is 0. The maximum absolute atomic E-state index is 11.2. The number of rotatable bonds is 4. The molecule has 1 aromatic carbocycles. The van der Waals surface area contributed by atoms with E-state index in [9.17, 15) is 4.79 Å². The summed E-state index contributed by atoms with van der Waals surface area (Å²) in [6, 6.07) is 7.48. The van der Waals surface area contributed by atoms with Crippen LogP contribution in [0.25, 0.3) is 0 Å². The lowest BCUT2D eigenvalue weighted by atomic mass is 9.91. The molecule has 1 amide bonds. The Morgan fingerprint density at radius 2 is 2.07 bits per heavy atom. The zero-order valence-corrected chi connectivity index (χ0v) is 9.29. The number of primary amides is 1. The van der Waals surface area contributed by atoms with Gasteiger partial charge < -0.3 is 5.73 Å². The van der Waals surface area contributed by atoms with Crippen molar-refractivity contribution in [1.82, 2.24) is 0 Å². The minimum atomic E-state index is -0.362. The average Bonchev–Trinajstić information content (AvgIpc) is 2.16. The lowest BCUT2D eigenvalue weighted by molar-refractivity contribution is 0.0999. The van der Waals surface area contributed by atoms with Gasteiger partial charge in [-0.25, -0.2) is 0 Å². The Morgan fingerprint density at radius 3 is 2.60 bits per heavy atom. The van der Waals surface area contributed by atoms with Gasteiger partial charge in [0, 0.05) is 5.56 Å². The Morgan fingerprint density at radius 1 is 1.47 bits per heavy atom. The van der Waals surface area contributed by atoms with E-state index in [2.05, 4.69) is 13.5 Å². The van der Waals surface area contributed by atoms with Gasteiger partial charge >= 0.3 is 0 Å². The van der Waals surface area contributed by atoms with Crippen LogP contribution >= 0.6 is 0 Å². The maximum atomic E-state index is 11.2. The summed E-state index contributed by atoms with van der Waals surface area (Å²) in [4.78, 5) is 11.2. The minimum Gasteiger partial charge on any atom is -0.366 e. The second-order valence-electron chi connectivity index (χ2n) is 4.01. The van der Waals surface area contributed by atoms with Crippen molar-refractivity contribution in [3.05, 3.63) is 47.5 Å². The van der Waals surface area contributed by atoms with Crippen LogP contribution in [0.2, 0.25) is 0 Å². The Labute approximate surface area is 90.8 Å². The summed E-state index contributed by atoms with van der Waals surface area (Å²) < 4.78 is 0. The summed E-state index contributed by atoms with van der Waals surface area (Å²) in [6.07, 6.45) is 0.879. The van der Waals surface area contributed by atoms with Crippen LogP contribution < -0.4 is 5.73 Å². The van der Waals surface area contributed by atoms with Gasteiger partial charge in [0.1, 0.15) is 0 Å². The molecular formula is C13H17NO. The van der Waals surface area contributed by atoms with E-state index in [4.69, 9.17) is 5.73 Å². The quantitative estimate of drug-likeness (QED) is 0.751. The molecule has 1 aromatic rings. The second-order valence-corrected chi connectivity index (χ2v) is 4.01. The van der Waals surface area contributed by atoms with Crippen LogP contribution in [-0.4, -0.2) is 5.91 Å². The van der Waals surface area contributed by atoms with Crippen molar-refractivity contribution in [2.45, 2.75) is 26.2 Å². The molecule has 2 heteroatoms. The molecule has 0 aliphatic rings. The minimum absolute atomic E-state index is 0.284. The predicted octanol–water partition coefficient (Wildman–Crippen LogP) is 2.86. The maximum Gasteiger partial charge on any atom is 0.248 e. The lowest BCUT2D eigenvalue weighted by Crippen LogP contribution is -2.14. The Hall–Kier alpha value is -1.57. The third kappa shape index (κ3) is 2.94. The summed E-state index contributed by atoms with van der Waals surface area (Å²) in [5, 5.41) is 0. The van der Waals surface area contributed by atoms with Crippen LogP contribution in [0.5, 0.6) is 0 Å². The number of nitrogens with two attached hydrogens (primary N) is 1. The normalized spacial score (nSPS) is 12.1. The molecule has 0 saturated heterocycles. The van der Waals surface area contributed by atoms with Crippen LogP contribution in [-0.2, 0) is 0 Å². The Kier molecular flexibility index (Phi) is 3.67. The average molecular weight is 203 g/mol. The van der Waals surface area contributed by atoms with Crippen LogP contribution in [0.4, 0.5) is 0 Å². The molecule has 2 nitrogen and oxygen atoms in total. The highest BCUT2D eigenvalue weighted by Crippen LogP contribution is 2.25. The van der Waals surface area contributed by atoms with Crippen LogP contribution in [0.1, 0.15) is 42.1 Å². The summed E-state index contributed by atoms with van der Waals surface area (Å²) in [5.41, 5.74) is 8.06. The van der Waals surface area contributed by atoms with Gasteiger partial charge in [-0.2, -0.15) is 0 Å². The zero-order chi connectivity index (χ0) is 11.4. The van der Waals surface area contributed by atoms with Gasteiger partial charge in [-0.1, -0.05) is 30.7 Å². The number of amides is 1. The van der Waals surface area contributed by atoms with Gasteiger partial charge in [0.05, 0.1) is 0 Å². The van der Waals surface area contributed by atoms with Gasteiger partial charge in [0.2, 0.25) is 5.91 Å². The smallest absolute Gasteiger partial charge is 0.248 e. The van der Waals surface area contributed by atoms with E-state index in [0.29, 0.717) is 5.56 Å². The van der Waals surface area contributed by atoms with Crippen molar-refractivity contribution in [2.75, 3.05) is 0 Å². The number of hydrogen-bond donors (Lipinski definition) is 1. The molecule has 0 aliphatic carbocycles. The number of benzene rings is 1. The fraction of sp³-hybridized carbons (Fsp3) is 0.308. The molecule has 80 valence electrons. The fourth-order valence-corrected chi connectivity index (χ4v) is 1.78. The molecule has 1 unspecified atom stereocenters. The van der Waals surface area contributed by atoms with E-state index in [1.54, 1.807) is 6.07 Å². The molecule has 15 heavy (non-hydrogen) atoms. The number of hydrogen-bond acceptors (Lipinski definition) is 1. The van der Waals surface area contributed by atoms with Gasteiger partial charge in [0.15, 0.2) is 0 Å². The van der Waals surface area contributed by atoms with E-state index >= 15 is 0 Å². The van der Waals surface area contributed by atoms with Crippen molar-refractivity contribution in [3.8, 4) is 0 Å². The summed E-state index contributed by atoms with van der Waals surface area (Å²) in [7, 11) is 0. The standard InChI is InChI=1S/C13H17NO/c1-9(2)8-10(3)11-6-4-5-7-12(11)13(14)15/h4-7,10H,1,8H2,2-3H3,(H2,14,15). The largest absolute Gasteiger partial charge is 0.366 e. The zero-order valence-electron chi connectivity index (χ0n) is 9.29. The first-order valence-corrected chi connectivity index (χ1v) is 5.05. The number of carbonyl (C=O) groups is 1. The number of allylic oxidation sites excluding steroid dienone is 1. The highest BCUT2D eigenvalue weighted by molar-refractivity contribution is 5.94. The van der Waals surface area contributed by atoms with Crippen molar-refractivity contribution < 1.29 is 4.79 Å². The molecule has 0 spiro atoms. The van der Waals surface area contributed by atoms with Crippen molar-refractivity contribution >= 4 is 5.91 Å². The number of carbonyl (C=O) groups excluding carboxylic acids is 1. The van der Waals surface area contributed by atoms with Crippen LogP contribution in [0, 0.1) is 0 Å². The highest BCUT2D eigenvalue weighted by atomic mass is 16.1. The Balaban J connectivity index is 3.02. The third-order valence-electron chi connectivity index (χ3n) is 2.41. The molecule has 0 saturated carbocycles. The van der Waals surface area contributed by atoms with E-state index in [0.717, 1.165) is 17.6 Å². The molecule has 0 aliphatic heterocycles. The van der Waals surface area contributed by atoms with Gasteiger partial charge in [-0.05, 0) is 30.9 Å². The van der Waals surface area contributed by atoms with Crippen LogP contribution in [0.15, 0.2) is 36.4 Å². The van der Waals surface area contributed by atoms with Crippen LogP contribution in [0.3, 0.4) is 0 Å². The van der Waals surface area contributed by atoms with E-state index in [1.165, 1.54) is 0 Å². The molecule has 0 heterocycles. The summed E-state index contributed by atoms with van der Waals surface area (Å²) in [5.74, 6) is -0.0784. The second kappa shape index (κ2) is 4.78. The topological polar surface area (TPSA) is 43.1 Å². The van der Waals surface area contributed by atoms with E-state index < -0.39 is 0 Å². The fourth-order valence-electron chi connectivity index (χ4n) is 1.78. The molecule has 1 rings (SSSR count). The van der Waals surface area contributed by atoms with Crippen molar-refractivity contribution in [3.63, 3.8) is 0 Å². The molecule has 0 fully saturated rings. The van der Waals surface area contributed by atoms with Crippen molar-refractivity contribution in [2.24, 2.45) is 5.73 Å². The van der Waals surface area contributed by atoms with Gasteiger partial charge in [0.25, 0.3) is 0 Å². The first-order valence-electron chi connectivity index (χ1n) is 5.05. The van der Waals surface area contributed by atoms with Crippen molar-refractivity contribution in [1.29, 1.82) is 0 Å². The van der Waals surface area contributed by atoms with E-state index in [-0.39, 0.29) is 11.8 Å². The molecular weight excluding hydrogens is 186 g/mol. The highest BCUT2D eigenvalue weighted by Gasteiger charge is 2.13. The third-order valence-corrected chi connectivity index (χ3v) is 2.41. The molecule has 2 N–H and O–H groups in total. The molecule has 0 aromatic heterocycles. The monoisotopic (exact) mass is 203 g/mol. The van der Waals surface area contributed by atoms with Gasteiger partial charge in [-0.15, -0.1) is 6.58 Å². The Bertz CT molecular complexity index is 382. The lowest BCUT2D eigenvalue weighted by Gasteiger charge is -2.14. The van der Waals surface area contributed by atoms with Gasteiger partial charge in [-0.3, -0.25) is 4.79 Å². The first-order chi connectivity index (χ1) is 7.02. The molecule has 0 radical (unpaired) electrons. The first kappa shape index (κ1) is 11.5. The SMILES string of the molecule is C=C(C)CC(C)c1ccccc1C(N)=O. The predicted molar refractivity (Wildman–Crippen MR) is 62.8 cm³/mol. The molecule has 1 atom stereocenters. The molecule has 0 bridgehead atoms. The van der Waals surface area contributed by atoms with E-state index in [1.807, 2.05) is 25.1 Å². The summed E-state index contributed by atoms with van der Waals surface area (Å²) in [6.45, 7) is 7.95.